The molecule has 10 heteroatoms. The van der Waals surface area contributed by atoms with E-state index in [0.29, 0.717) is 24.7 Å². The SMILES string of the molecule is CC(C)(C)OC(=O)NC1(c2ncc(-c3cc(F)c([N+](=O)[O-])cc3F)cn2)CCC1. The van der Waals surface area contributed by atoms with Gasteiger partial charge in [0.25, 0.3) is 0 Å². The van der Waals surface area contributed by atoms with Crippen LogP contribution in [0.15, 0.2) is 24.5 Å². The Morgan fingerprint density at radius 3 is 2.31 bits per heavy atom. The van der Waals surface area contributed by atoms with E-state index in [1.54, 1.807) is 20.8 Å². The van der Waals surface area contributed by atoms with Crippen LogP contribution >= 0.6 is 0 Å². The first kappa shape index (κ1) is 20.6. The number of ether oxygens (including phenoxy) is 1. The number of carbonyl (C=O) groups is 1. The van der Waals surface area contributed by atoms with Gasteiger partial charge >= 0.3 is 11.8 Å². The van der Waals surface area contributed by atoms with E-state index in [4.69, 9.17) is 4.74 Å². The molecule has 0 bridgehead atoms. The predicted octanol–water partition coefficient (Wildman–Crippen LogP) is 4.23. The lowest BCUT2D eigenvalue weighted by Crippen LogP contribution is -2.53. The van der Waals surface area contributed by atoms with Gasteiger partial charge in [-0.25, -0.2) is 19.2 Å². The van der Waals surface area contributed by atoms with E-state index in [2.05, 4.69) is 15.3 Å². The Labute approximate surface area is 165 Å². The molecule has 0 saturated heterocycles. The number of alkyl carbamates (subject to hydrolysis) is 1. The number of nitrogens with one attached hydrogen (secondary N) is 1. The van der Waals surface area contributed by atoms with E-state index in [1.807, 2.05) is 0 Å². The molecule has 2 aromatic rings. The largest absolute Gasteiger partial charge is 0.444 e. The summed E-state index contributed by atoms with van der Waals surface area (Å²) in [6.07, 6.45) is 4.10. The molecule has 0 unspecified atom stereocenters. The van der Waals surface area contributed by atoms with Crippen LogP contribution in [0.3, 0.4) is 0 Å². The fraction of sp³-hybridized carbons (Fsp3) is 0.421. The first-order valence-corrected chi connectivity index (χ1v) is 8.98. The number of aromatic nitrogens is 2. The molecular weight excluding hydrogens is 386 g/mol. The Morgan fingerprint density at radius 1 is 1.21 bits per heavy atom. The second-order valence-electron chi connectivity index (χ2n) is 7.90. The van der Waals surface area contributed by atoms with Gasteiger partial charge in [0.1, 0.15) is 17.0 Å². The topological polar surface area (TPSA) is 107 Å². The molecule has 1 saturated carbocycles. The highest BCUT2D eigenvalue weighted by Crippen LogP contribution is 2.40. The number of carbonyl (C=O) groups excluding carboxylic acids is 1. The molecular formula is C19H20F2N4O4. The van der Waals surface area contributed by atoms with Crippen molar-refractivity contribution in [3.8, 4) is 11.1 Å². The second-order valence-corrected chi connectivity index (χ2v) is 7.90. The zero-order valence-corrected chi connectivity index (χ0v) is 16.2. The van der Waals surface area contributed by atoms with Crippen molar-refractivity contribution in [1.82, 2.24) is 15.3 Å². The minimum absolute atomic E-state index is 0.159. The molecule has 29 heavy (non-hydrogen) atoms. The van der Waals surface area contributed by atoms with E-state index in [1.165, 1.54) is 12.4 Å². The van der Waals surface area contributed by atoms with Gasteiger partial charge in [-0.2, -0.15) is 4.39 Å². The van der Waals surface area contributed by atoms with Crippen LogP contribution in [-0.4, -0.2) is 26.6 Å². The third-order valence-corrected chi connectivity index (χ3v) is 4.57. The highest BCUT2D eigenvalue weighted by atomic mass is 19.1. The molecule has 0 aliphatic heterocycles. The van der Waals surface area contributed by atoms with Gasteiger partial charge in [0.05, 0.1) is 11.0 Å². The Morgan fingerprint density at radius 2 is 1.83 bits per heavy atom. The number of halogens is 2. The van der Waals surface area contributed by atoms with Crippen LogP contribution in [0.25, 0.3) is 11.1 Å². The van der Waals surface area contributed by atoms with E-state index in [0.717, 1.165) is 12.5 Å². The second kappa shape index (κ2) is 7.34. The molecule has 1 N–H and O–H groups in total. The predicted molar refractivity (Wildman–Crippen MR) is 98.9 cm³/mol. The molecule has 1 aromatic heterocycles. The molecule has 0 radical (unpaired) electrons. The molecule has 1 heterocycles. The highest BCUT2D eigenvalue weighted by molar-refractivity contribution is 5.69. The first-order chi connectivity index (χ1) is 13.5. The summed E-state index contributed by atoms with van der Waals surface area (Å²) in [7, 11) is 0. The smallest absolute Gasteiger partial charge is 0.408 e. The lowest BCUT2D eigenvalue weighted by molar-refractivity contribution is -0.387. The zero-order chi connectivity index (χ0) is 21.4. The minimum Gasteiger partial charge on any atom is -0.444 e. The van der Waals surface area contributed by atoms with Gasteiger partial charge in [-0.05, 0) is 46.1 Å². The van der Waals surface area contributed by atoms with Crippen molar-refractivity contribution in [2.45, 2.75) is 51.2 Å². The van der Waals surface area contributed by atoms with Crippen LogP contribution in [-0.2, 0) is 10.3 Å². The van der Waals surface area contributed by atoms with E-state index in [9.17, 15) is 23.7 Å². The number of benzene rings is 1. The molecule has 1 aliphatic carbocycles. The molecule has 3 rings (SSSR count). The van der Waals surface area contributed by atoms with E-state index >= 15 is 0 Å². The van der Waals surface area contributed by atoms with Gasteiger partial charge in [-0.1, -0.05) is 0 Å². The summed E-state index contributed by atoms with van der Waals surface area (Å²) >= 11 is 0. The van der Waals surface area contributed by atoms with Gasteiger partial charge in [0, 0.05) is 23.5 Å². The Hall–Kier alpha value is -3.17. The summed E-state index contributed by atoms with van der Waals surface area (Å²) in [4.78, 5) is 30.3. The molecule has 1 aliphatic rings. The standard InChI is InChI=1S/C19H20F2N4O4/c1-18(2,3)29-17(26)24-19(5-4-6-19)16-22-9-11(10-23-16)12-7-14(21)15(25(27)28)8-13(12)20/h7-10H,4-6H2,1-3H3,(H,24,26). The van der Waals surface area contributed by atoms with Crippen molar-refractivity contribution in [3.05, 3.63) is 52.1 Å². The fourth-order valence-electron chi connectivity index (χ4n) is 3.05. The number of nitro benzene ring substituents is 1. The van der Waals surface area contributed by atoms with Gasteiger partial charge in [-0.3, -0.25) is 10.1 Å². The quantitative estimate of drug-likeness (QED) is 0.601. The number of nitrogens with zero attached hydrogens (tertiary/aromatic N) is 3. The summed E-state index contributed by atoms with van der Waals surface area (Å²) in [5.74, 6) is -1.78. The molecule has 1 amide bonds. The maximum Gasteiger partial charge on any atom is 0.408 e. The van der Waals surface area contributed by atoms with Gasteiger partial charge in [-0.15, -0.1) is 0 Å². The highest BCUT2D eigenvalue weighted by Gasteiger charge is 2.43. The van der Waals surface area contributed by atoms with Crippen LogP contribution in [0.1, 0.15) is 45.9 Å². The van der Waals surface area contributed by atoms with Gasteiger partial charge in [0.15, 0.2) is 5.82 Å². The maximum atomic E-state index is 14.2. The number of hydrogen-bond acceptors (Lipinski definition) is 6. The molecule has 1 fully saturated rings. The average molecular weight is 406 g/mol. The molecule has 0 spiro atoms. The van der Waals surface area contributed by atoms with Crippen molar-refractivity contribution >= 4 is 11.8 Å². The normalized spacial score (nSPS) is 15.3. The number of nitro groups is 1. The first-order valence-electron chi connectivity index (χ1n) is 8.98. The lowest BCUT2D eigenvalue weighted by Gasteiger charge is -2.41. The van der Waals surface area contributed by atoms with Gasteiger partial charge < -0.3 is 10.1 Å². The van der Waals surface area contributed by atoms with Gasteiger partial charge in [0.2, 0.25) is 5.82 Å². The Bertz CT molecular complexity index is 954. The number of amides is 1. The average Bonchev–Trinajstić information content (AvgIpc) is 2.58. The Kier molecular flexibility index (Phi) is 5.20. The molecule has 154 valence electrons. The van der Waals surface area contributed by atoms with Crippen LogP contribution in [0.2, 0.25) is 0 Å². The third kappa shape index (κ3) is 4.30. The fourth-order valence-corrected chi connectivity index (χ4v) is 3.05. The summed E-state index contributed by atoms with van der Waals surface area (Å²) in [5, 5.41) is 13.5. The van der Waals surface area contributed by atoms with Crippen LogP contribution in [0, 0.1) is 21.7 Å². The third-order valence-electron chi connectivity index (χ3n) is 4.57. The van der Waals surface area contributed by atoms with E-state index in [-0.39, 0.29) is 11.1 Å². The molecule has 1 aromatic carbocycles. The number of rotatable bonds is 4. The van der Waals surface area contributed by atoms with Crippen LogP contribution in [0.5, 0.6) is 0 Å². The zero-order valence-electron chi connectivity index (χ0n) is 16.2. The van der Waals surface area contributed by atoms with Crippen LogP contribution in [0.4, 0.5) is 19.3 Å². The van der Waals surface area contributed by atoms with Crippen molar-refractivity contribution in [3.63, 3.8) is 0 Å². The van der Waals surface area contributed by atoms with Crippen molar-refractivity contribution in [2.24, 2.45) is 0 Å². The van der Waals surface area contributed by atoms with Crippen molar-refractivity contribution < 1.29 is 23.2 Å². The monoisotopic (exact) mass is 406 g/mol. The van der Waals surface area contributed by atoms with Crippen molar-refractivity contribution in [1.29, 1.82) is 0 Å². The van der Waals surface area contributed by atoms with Crippen molar-refractivity contribution in [2.75, 3.05) is 0 Å². The Balaban J connectivity index is 1.85. The lowest BCUT2D eigenvalue weighted by atomic mass is 9.76. The summed E-state index contributed by atoms with van der Waals surface area (Å²) in [6, 6.07) is 1.26. The van der Waals surface area contributed by atoms with E-state index < -0.39 is 39.5 Å². The minimum atomic E-state index is -1.16. The summed E-state index contributed by atoms with van der Waals surface area (Å²) < 4.78 is 33.4. The molecule has 0 atom stereocenters. The number of hydrogen-bond donors (Lipinski definition) is 1. The summed E-state index contributed by atoms with van der Waals surface area (Å²) in [5.41, 5.74) is -2.41. The maximum absolute atomic E-state index is 14.2. The molecule has 8 nitrogen and oxygen atoms in total. The van der Waals surface area contributed by atoms with Crippen LogP contribution < -0.4 is 5.32 Å². The summed E-state index contributed by atoms with van der Waals surface area (Å²) in [6.45, 7) is 5.26.